The van der Waals surface area contributed by atoms with Gasteiger partial charge in [0.2, 0.25) is 5.91 Å². The molecule has 0 spiro atoms. The van der Waals surface area contributed by atoms with E-state index >= 15 is 0 Å². The third-order valence-electron chi connectivity index (χ3n) is 5.00. The van der Waals surface area contributed by atoms with E-state index in [1.807, 2.05) is 24.3 Å². The molecule has 144 valence electrons. The molecule has 0 bridgehead atoms. The normalized spacial score (nSPS) is 17.3. The molecule has 3 nitrogen and oxygen atoms in total. The number of benzene rings is 2. The van der Waals surface area contributed by atoms with Gasteiger partial charge in [0.1, 0.15) is 0 Å². The molecular formula is C21H22F3NO2. The fraction of sp³-hybridized carbons (Fsp3) is 0.381. The average Bonchev–Trinajstić information content (AvgIpc) is 3.10. The molecule has 0 aliphatic carbocycles. The van der Waals surface area contributed by atoms with Crippen LogP contribution in [0.3, 0.4) is 0 Å². The highest BCUT2D eigenvalue weighted by atomic mass is 19.4. The summed E-state index contributed by atoms with van der Waals surface area (Å²) >= 11 is 0. The first-order valence-corrected chi connectivity index (χ1v) is 8.98. The quantitative estimate of drug-likeness (QED) is 0.860. The smallest absolute Gasteiger partial charge is 0.392 e. The molecule has 1 atom stereocenters. The van der Waals surface area contributed by atoms with Crippen molar-refractivity contribution in [2.45, 2.75) is 32.0 Å². The monoisotopic (exact) mass is 377 g/mol. The van der Waals surface area contributed by atoms with Gasteiger partial charge in [0, 0.05) is 13.1 Å². The highest BCUT2D eigenvalue weighted by molar-refractivity contribution is 5.79. The lowest BCUT2D eigenvalue weighted by Gasteiger charge is -2.18. The first-order chi connectivity index (χ1) is 12.9. The van der Waals surface area contributed by atoms with E-state index in [1.54, 1.807) is 4.90 Å². The summed E-state index contributed by atoms with van der Waals surface area (Å²) < 4.78 is 39.3. The molecule has 0 unspecified atom stereocenters. The highest BCUT2D eigenvalue weighted by Gasteiger charge is 2.34. The van der Waals surface area contributed by atoms with Crippen LogP contribution in [-0.2, 0) is 30.4 Å². The number of hydrogen-bond acceptors (Lipinski definition) is 2. The van der Waals surface area contributed by atoms with Crippen molar-refractivity contribution in [1.29, 1.82) is 0 Å². The van der Waals surface area contributed by atoms with Crippen LogP contribution >= 0.6 is 0 Å². The van der Waals surface area contributed by atoms with Crippen LogP contribution in [0.4, 0.5) is 13.2 Å². The van der Waals surface area contributed by atoms with Crippen LogP contribution in [0, 0.1) is 5.92 Å². The lowest BCUT2D eigenvalue weighted by atomic mass is 9.97. The van der Waals surface area contributed by atoms with Gasteiger partial charge < -0.3 is 10.0 Å². The first kappa shape index (κ1) is 19.4. The van der Waals surface area contributed by atoms with Crippen molar-refractivity contribution < 1.29 is 23.1 Å². The second-order valence-corrected chi connectivity index (χ2v) is 7.01. The van der Waals surface area contributed by atoms with E-state index in [4.69, 9.17) is 0 Å². The molecule has 2 aromatic rings. The van der Waals surface area contributed by atoms with Crippen LogP contribution in [0.1, 0.15) is 28.7 Å². The van der Waals surface area contributed by atoms with Gasteiger partial charge in [0.05, 0.1) is 18.6 Å². The predicted octanol–water partition coefficient (Wildman–Crippen LogP) is 3.83. The summed E-state index contributed by atoms with van der Waals surface area (Å²) in [5.74, 6) is 0.0130. The summed E-state index contributed by atoms with van der Waals surface area (Å²) in [6.45, 7) is 1.11. The molecule has 1 fully saturated rings. The van der Waals surface area contributed by atoms with Gasteiger partial charge in [-0.05, 0) is 41.5 Å². The average molecular weight is 377 g/mol. The molecule has 2 aromatic carbocycles. The Hall–Kier alpha value is -2.34. The van der Waals surface area contributed by atoms with Gasteiger partial charge in [-0.2, -0.15) is 13.2 Å². The van der Waals surface area contributed by atoms with Gasteiger partial charge in [-0.25, -0.2) is 0 Å². The molecule has 0 aromatic heterocycles. The second-order valence-electron chi connectivity index (χ2n) is 7.01. The Labute approximate surface area is 156 Å². The summed E-state index contributed by atoms with van der Waals surface area (Å²) in [6, 6.07) is 12.9. The molecular weight excluding hydrogens is 355 g/mol. The van der Waals surface area contributed by atoms with Crippen molar-refractivity contribution in [2.24, 2.45) is 5.92 Å². The molecule has 27 heavy (non-hydrogen) atoms. The van der Waals surface area contributed by atoms with Crippen LogP contribution in [0.5, 0.6) is 0 Å². The Morgan fingerprint density at radius 3 is 2.59 bits per heavy atom. The minimum absolute atomic E-state index is 0.0122. The van der Waals surface area contributed by atoms with Crippen LogP contribution in [0.15, 0.2) is 48.5 Å². The van der Waals surface area contributed by atoms with E-state index < -0.39 is 11.7 Å². The van der Waals surface area contributed by atoms with Gasteiger partial charge in [-0.3, -0.25) is 4.79 Å². The van der Waals surface area contributed by atoms with Crippen molar-refractivity contribution in [3.63, 3.8) is 0 Å². The second kappa shape index (κ2) is 8.13. The number of likely N-dealkylation sites (tertiary alicyclic amines) is 1. The highest BCUT2D eigenvalue weighted by Crippen LogP contribution is 2.32. The number of nitrogens with zero attached hydrogens (tertiary/aromatic N) is 1. The Kier molecular flexibility index (Phi) is 5.85. The lowest BCUT2D eigenvalue weighted by Crippen LogP contribution is -2.31. The molecule has 1 saturated heterocycles. The van der Waals surface area contributed by atoms with E-state index in [0.717, 1.165) is 30.0 Å². The van der Waals surface area contributed by atoms with Crippen LogP contribution in [0.2, 0.25) is 0 Å². The van der Waals surface area contributed by atoms with E-state index in [-0.39, 0.29) is 30.4 Å². The summed E-state index contributed by atoms with van der Waals surface area (Å²) in [4.78, 5) is 14.2. The van der Waals surface area contributed by atoms with Gasteiger partial charge in [-0.1, -0.05) is 42.5 Å². The minimum atomic E-state index is -4.46. The molecule has 1 aliphatic rings. The number of carbonyl (C=O) groups is 1. The number of aliphatic hydroxyl groups is 1. The standard InChI is InChI=1S/C21H22F3NO2/c22-21(23,24)19-7-2-1-6-18(19)12-20(27)25-9-8-16(13-25)10-15-4-3-5-17(11-15)14-26/h1-7,11,16,26H,8-10,12-14H2/t16-/m0/s1. The summed E-state index contributed by atoms with van der Waals surface area (Å²) in [7, 11) is 0. The zero-order valence-electron chi connectivity index (χ0n) is 14.9. The fourth-order valence-electron chi connectivity index (χ4n) is 3.64. The maximum atomic E-state index is 13.1. The van der Waals surface area contributed by atoms with Crippen molar-refractivity contribution in [2.75, 3.05) is 13.1 Å². The number of hydrogen-bond donors (Lipinski definition) is 1. The number of amides is 1. The van der Waals surface area contributed by atoms with Crippen LogP contribution in [0.25, 0.3) is 0 Å². The third kappa shape index (κ3) is 4.89. The van der Waals surface area contributed by atoms with Gasteiger partial charge in [0.25, 0.3) is 0 Å². The molecule has 1 heterocycles. The van der Waals surface area contributed by atoms with Crippen molar-refractivity contribution in [3.8, 4) is 0 Å². The fourth-order valence-corrected chi connectivity index (χ4v) is 3.64. The lowest BCUT2D eigenvalue weighted by molar-refractivity contribution is -0.138. The molecule has 1 N–H and O–H groups in total. The Morgan fingerprint density at radius 2 is 1.85 bits per heavy atom. The molecule has 1 amide bonds. The maximum Gasteiger partial charge on any atom is 0.416 e. The predicted molar refractivity (Wildman–Crippen MR) is 95.9 cm³/mol. The van der Waals surface area contributed by atoms with Crippen LogP contribution in [-0.4, -0.2) is 29.0 Å². The van der Waals surface area contributed by atoms with Gasteiger partial charge >= 0.3 is 6.18 Å². The molecule has 0 radical (unpaired) electrons. The van der Waals surface area contributed by atoms with Crippen LogP contribution < -0.4 is 0 Å². The van der Waals surface area contributed by atoms with E-state index in [2.05, 4.69) is 0 Å². The SMILES string of the molecule is O=C(Cc1ccccc1C(F)(F)F)N1CC[C@@H](Cc2cccc(CO)c2)C1. The van der Waals surface area contributed by atoms with Gasteiger partial charge in [-0.15, -0.1) is 0 Å². The maximum absolute atomic E-state index is 13.1. The van der Waals surface area contributed by atoms with Crippen molar-refractivity contribution >= 4 is 5.91 Å². The number of rotatable bonds is 5. The van der Waals surface area contributed by atoms with Crippen molar-refractivity contribution in [1.82, 2.24) is 4.90 Å². The van der Waals surface area contributed by atoms with E-state index in [9.17, 15) is 23.1 Å². The number of carbonyl (C=O) groups excluding carboxylic acids is 1. The number of halogens is 3. The largest absolute Gasteiger partial charge is 0.416 e. The third-order valence-corrected chi connectivity index (χ3v) is 5.00. The van der Waals surface area contributed by atoms with E-state index in [0.29, 0.717) is 13.1 Å². The summed E-state index contributed by atoms with van der Waals surface area (Å²) in [5.41, 5.74) is 1.23. The van der Waals surface area contributed by atoms with Gasteiger partial charge in [0.15, 0.2) is 0 Å². The first-order valence-electron chi connectivity index (χ1n) is 8.98. The summed E-state index contributed by atoms with van der Waals surface area (Å²) in [6.07, 6.45) is -3.07. The summed E-state index contributed by atoms with van der Waals surface area (Å²) in [5, 5.41) is 9.22. The topological polar surface area (TPSA) is 40.5 Å². The Balaban J connectivity index is 1.61. The Morgan fingerprint density at radius 1 is 1.11 bits per heavy atom. The Bertz CT molecular complexity index is 804. The molecule has 6 heteroatoms. The molecule has 3 rings (SSSR count). The zero-order valence-corrected chi connectivity index (χ0v) is 14.9. The number of aliphatic hydroxyl groups excluding tert-OH is 1. The zero-order chi connectivity index (χ0) is 19.4. The number of alkyl halides is 3. The van der Waals surface area contributed by atoms with Crippen molar-refractivity contribution in [3.05, 3.63) is 70.8 Å². The minimum Gasteiger partial charge on any atom is -0.392 e. The molecule has 0 saturated carbocycles. The van der Waals surface area contributed by atoms with E-state index in [1.165, 1.54) is 18.2 Å². The molecule has 1 aliphatic heterocycles.